The van der Waals surface area contributed by atoms with Crippen molar-refractivity contribution < 1.29 is 0 Å². The molecule has 0 heterocycles. The second-order valence-corrected chi connectivity index (χ2v) is 7.95. The quantitative estimate of drug-likeness (QED) is 0.545. The molecule has 0 nitrogen and oxygen atoms in total. The lowest BCUT2D eigenvalue weighted by atomic mass is 9.65. The standard InChI is InChI=1S/C25H26/c1-2-8-18-25(17-7-1,23-15-13-19-9-3-5-11-21(19)23)24-16-14-20-10-4-6-12-22(20)24/h3-6,9-12,15-16H,1-2,7-8,13-14,17-18H2. The Balaban J connectivity index is 1.67. The van der Waals surface area contributed by atoms with E-state index in [0.29, 0.717) is 0 Å². The molecule has 2 aromatic carbocycles. The smallest absolute Gasteiger partial charge is 0.0208 e. The van der Waals surface area contributed by atoms with Crippen LogP contribution in [0.15, 0.2) is 60.7 Å². The molecule has 0 radical (unpaired) electrons. The first-order valence-corrected chi connectivity index (χ1v) is 9.96. The van der Waals surface area contributed by atoms with Crippen LogP contribution in [-0.4, -0.2) is 0 Å². The van der Waals surface area contributed by atoms with E-state index in [9.17, 15) is 0 Å². The molecule has 0 spiro atoms. The normalized spacial score (nSPS) is 21.1. The molecule has 0 heteroatoms. The minimum absolute atomic E-state index is 0.232. The third-order valence-electron chi connectivity index (χ3n) is 6.66. The molecule has 0 aliphatic heterocycles. The van der Waals surface area contributed by atoms with Gasteiger partial charge >= 0.3 is 0 Å². The van der Waals surface area contributed by atoms with E-state index in [1.165, 1.54) is 60.8 Å². The van der Waals surface area contributed by atoms with Crippen molar-refractivity contribution in [2.75, 3.05) is 0 Å². The Morgan fingerprint density at radius 1 is 0.560 bits per heavy atom. The molecule has 25 heavy (non-hydrogen) atoms. The minimum Gasteiger partial charge on any atom is -0.0754 e. The van der Waals surface area contributed by atoms with Crippen molar-refractivity contribution in [1.82, 2.24) is 0 Å². The van der Waals surface area contributed by atoms with Gasteiger partial charge < -0.3 is 0 Å². The Morgan fingerprint density at radius 2 is 1.04 bits per heavy atom. The highest BCUT2D eigenvalue weighted by atomic mass is 14.5. The van der Waals surface area contributed by atoms with Crippen LogP contribution in [0.2, 0.25) is 0 Å². The second-order valence-electron chi connectivity index (χ2n) is 7.95. The zero-order chi connectivity index (χ0) is 16.7. The number of benzene rings is 2. The molecule has 0 N–H and O–H groups in total. The van der Waals surface area contributed by atoms with Crippen LogP contribution >= 0.6 is 0 Å². The van der Waals surface area contributed by atoms with Gasteiger partial charge in [0.15, 0.2) is 0 Å². The first-order valence-electron chi connectivity index (χ1n) is 9.96. The lowest BCUT2D eigenvalue weighted by molar-refractivity contribution is 0.458. The van der Waals surface area contributed by atoms with E-state index < -0.39 is 0 Å². The van der Waals surface area contributed by atoms with Crippen molar-refractivity contribution in [2.45, 2.75) is 51.4 Å². The molecular weight excluding hydrogens is 300 g/mol. The number of rotatable bonds is 2. The topological polar surface area (TPSA) is 0 Å². The van der Waals surface area contributed by atoms with Crippen molar-refractivity contribution in [2.24, 2.45) is 5.41 Å². The van der Waals surface area contributed by atoms with Crippen LogP contribution < -0.4 is 0 Å². The third-order valence-corrected chi connectivity index (χ3v) is 6.66. The summed E-state index contributed by atoms with van der Waals surface area (Å²) in [5.41, 5.74) is 9.58. The minimum atomic E-state index is 0.232. The SMILES string of the molecule is C1=C(C2(C3=CCc4ccccc43)CCCCCC2)c2ccccc2C1. The molecule has 0 unspecified atom stereocenters. The van der Waals surface area contributed by atoms with E-state index in [0.717, 1.165) is 12.8 Å². The molecule has 0 bridgehead atoms. The monoisotopic (exact) mass is 326 g/mol. The molecule has 0 aromatic heterocycles. The van der Waals surface area contributed by atoms with Crippen LogP contribution in [0, 0.1) is 5.41 Å². The molecule has 2 aromatic rings. The predicted octanol–water partition coefficient (Wildman–Crippen LogP) is 6.61. The summed E-state index contributed by atoms with van der Waals surface area (Å²) in [6, 6.07) is 18.2. The zero-order valence-electron chi connectivity index (χ0n) is 14.9. The van der Waals surface area contributed by atoms with Crippen LogP contribution in [0.4, 0.5) is 0 Å². The Bertz CT molecular complexity index is 792. The average molecular weight is 326 g/mol. The summed E-state index contributed by atoms with van der Waals surface area (Å²) < 4.78 is 0. The van der Waals surface area contributed by atoms with Crippen molar-refractivity contribution in [3.8, 4) is 0 Å². The Kier molecular flexibility index (Phi) is 3.66. The Labute approximate surface area is 151 Å². The fourth-order valence-corrected chi connectivity index (χ4v) is 5.49. The van der Waals surface area contributed by atoms with Crippen LogP contribution in [-0.2, 0) is 12.8 Å². The van der Waals surface area contributed by atoms with Crippen molar-refractivity contribution in [3.63, 3.8) is 0 Å². The second kappa shape index (κ2) is 6.02. The molecule has 5 rings (SSSR count). The van der Waals surface area contributed by atoms with Gasteiger partial charge in [-0.1, -0.05) is 86.4 Å². The third kappa shape index (κ3) is 2.34. The molecule has 3 aliphatic carbocycles. The molecule has 3 aliphatic rings. The van der Waals surface area contributed by atoms with Gasteiger partial charge in [0.25, 0.3) is 0 Å². The van der Waals surface area contributed by atoms with Crippen LogP contribution in [0.5, 0.6) is 0 Å². The van der Waals surface area contributed by atoms with Gasteiger partial charge in [0, 0.05) is 5.41 Å². The van der Waals surface area contributed by atoms with E-state index in [1.807, 2.05) is 0 Å². The Morgan fingerprint density at radius 3 is 1.56 bits per heavy atom. The van der Waals surface area contributed by atoms with Gasteiger partial charge in [-0.3, -0.25) is 0 Å². The van der Waals surface area contributed by atoms with Gasteiger partial charge in [-0.15, -0.1) is 0 Å². The van der Waals surface area contributed by atoms with E-state index in [-0.39, 0.29) is 5.41 Å². The predicted molar refractivity (Wildman–Crippen MR) is 106 cm³/mol. The summed E-state index contributed by atoms with van der Waals surface area (Å²) in [6.07, 6.45) is 15.5. The number of allylic oxidation sites excluding steroid dienone is 4. The average Bonchev–Trinajstić information content (AvgIpc) is 3.21. The zero-order valence-corrected chi connectivity index (χ0v) is 14.9. The fraction of sp³-hybridized carbons (Fsp3) is 0.360. The summed E-state index contributed by atoms with van der Waals surface area (Å²) in [4.78, 5) is 0. The maximum atomic E-state index is 2.55. The largest absolute Gasteiger partial charge is 0.0754 e. The molecule has 0 amide bonds. The van der Waals surface area contributed by atoms with Gasteiger partial charge in [0.05, 0.1) is 0 Å². The van der Waals surface area contributed by atoms with Gasteiger partial charge in [0.2, 0.25) is 0 Å². The van der Waals surface area contributed by atoms with Crippen molar-refractivity contribution >= 4 is 11.1 Å². The van der Waals surface area contributed by atoms with Crippen LogP contribution in [0.25, 0.3) is 11.1 Å². The van der Waals surface area contributed by atoms with Crippen molar-refractivity contribution in [1.29, 1.82) is 0 Å². The summed E-state index contributed by atoms with van der Waals surface area (Å²) in [6.45, 7) is 0. The van der Waals surface area contributed by atoms with Crippen molar-refractivity contribution in [3.05, 3.63) is 82.9 Å². The first kappa shape index (κ1) is 15.2. The summed E-state index contributed by atoms with van der Waals surface area (Å²) in [5, 5.41) is 0. The van der Waals surface area contributed by atoms with Gasteiger partial charge in [-0.05, 0) is 59.1 Å². The lowest BCUT2D eigenvalue weighted by Crippen LogP contribution is -2.23. The van der Waals surface area contributed by atoms with E-state index in [4.69, 9.17) is 0 Å². The van der Waals surface area contributed by atoms with E-state index in [1.54, 1.807) is 11.1 Å². The van der Waals surface area contributed by atoms with E-state index >= 15 is 0 Å². The molecule has 0 atom stereocenters. The van der Waals surface area contributed by atoms with Gasteiger partial charge in [-0.25, -0.2) is 0 Å². The van der Waals surface area contributed by atoms with Crippen LogP contribution in [0.3, 0.4) is 0 Å². The fourth-order valence-electron chi connectivity index (χ4n) is 5.49. The molecule has 1 saturated carbocycles. The van der Waals surface area contributed by atoms with Gasteiger partial charge in [-0.2, -0.15) is 0 Å². The summed E-state index contributed by atoms with van der Waals surface area (Å²) in [5.74, 6) is 0. The summed E-state index contributed by atoms with van der Waals surface area (Å²) >= 11 is 0. The maximum Gasteiger partial charge on any atom is 0.0208 e. The summed E-state index contributed by atoms with van der Waals surface area (Å²) in [7, 11) is 0. The molecule has 126 valence electrons. The number of hydrogen-bond acceptors (Lipinski definition) is 0. The molecular formula is C25H26. The molecule has 1 fully saturated rings. The maximum absolute atomic E-state index is 2.55. The number of fused-ring (bicyclic) bond motifs is 2. The number of hydrogen-bond donors (Lipinski definition) is 0. The highest BCUT2D eigenvalue weighted by molar-refractivity contribution is 5.91. The highest BCUT2D eigenvalue weighted by Gasteiger charge is 2.42. The molecule has 0 saturated heterocycles. The van der Waals surface area contributed by atoms with Gasteiger partial charge in [0.1, 0.15) is 0 Å². The Hall–Kier alpha value is -2.08. The van der Waals surface area contributed by atoms with Crippen LogP contribution in [0.1, 0.15) is 60.8 Å². The van der Waals surface area contributed by atoms with E-state index in [2.05, 4.69) is 60.7 Å². The lowest BCUT2D eigenvalue weighted by Gasteiger charge is -2.37. The first-order chi connectivity index (χ1) is 12.4. The highest BCUT2D eigenvalue weighted by Crippen LogP contribution is 2.57.